The number of primary amides is 1. The number of pyridine rings is 2. The Morgan fingerprint density at radius 1 is 1.20 bits per heavy atom. The van der Waals surface area contributed by atoms with Crippen molar-refractivity contribution in [2.75, 3.05) is 0 Å². The molecule has 3 aromatic heterocycles. The Morgan fingerprint density at radius 3 is 2.77 bits per heavy atom. The van der Waals surface area contributed by atoms with Crippen LogP contribution in [0.15, 0.2) is 53.7 Å². The first-order chi connectivity index (χ1) is 16.8. The maximum Gasteiger partial charge on any atom is 0.254 e. The number of amides is 1. The summed E-state index contributed by atoms with van der Waals surface area (Å²) in [5.41, 5.74) is 5.73. The Hall–Kier alpha value is -4.76. The molecule has 9 heteroatoms. The lowest BCUT2D eigenvalue weighted by molar-refractivity contribution is 0.1000. The summed E-state index contributed by atoms with van der Waals surface area (Å²) in [6, 6.07) is 6.00. The van der Waals surface area contributed by atoms with E-state index in [1.54, 1.807) is 18.3 Å². The Balaban J connectivity index is 1.74. The van der Waals surface area contributed by atoms with E-state index >= 15 is 0 Å². The lowest BCUT2D eigenvalue weighted by Crippen LogP contribution is -2.23. The van der Waals surface area contributed by atoms with Crippen molar-refractivity contribution in [3.8, 4) is 23.7 Å². The molecule has 3 N–H and O–H groups in total. The van der Waals surface area contributed by atoms with Gasteiger partial charge in [-0.2, -0.15) is 0 Å². The van der Waals surface area contributed by atoms with Gasteiger partial charge in [0.05, 0.1) is 11.1 Å². The fourth-order valence-corrected chi connectivity index (χ4v) is 3.72. The number of carbonyl (C=O) groups is 1. The third-order valence-electron chi connectivity index (χ3n) is 5.42. The van der Waals surface area contributed by atoms with Crippen molar-refractivity contribution < 1.29 is 18.0 Å². The van der Waals surface area contributed by atoms with E-state index in [1.807, 2.05) is 0 Å². The molecule has 0 fully saturated rings. The molecule has 4 aromatic rings. The van der Waals surface area contributed by atoms with Crippen molar-refractivity contribution in [3.05, 3.63) is 99.0 Å². The number of aromatic nitrogens is 3. The largest absolute Gasteiger partial charge is 0.366 e. The molecule has 6 nitrogen and oxygen atoms in total. The van der Waals surface area contributed by atoms with Crippen LogP contribution < -0.4 is 11.3 Å². The number of nitrogens with zero attached hydrogens (tertiary/aromatic N) is 2. The van der Waals surface area contributed by atoms with Crippen molar-refractivity contribution in [1.29, 1.82) is 0 Å². The van der Waals surface area contributed by atoms with E-state index in [9.17, 15) is 22.8 Å². The van der Waals surface area contributed by atoms with Gasteiger partial charge in [-0.25, -0.2) is 18.2 Å². The van der Waals surface area contributed by atoms with Gasteiger partial charge in [-0.05, 0) is 30.0 Å². The number of carbonyl (C=O) groups excluding carboxylic acids is 1. The van der Waals surface area contributed by atoms with Gasteiger partial charge in [-0.15, -0.1) is 0 Å². The molecule has 1 atom stereocenters. The molecule has 0 bridgehead atoms. The van der Waals surface area contributed by atoms with E-state index in [1.165, 1.54) is 30.1 Å². The summed E-state index contributed by atoms with van der Waals surface area (Å²) in [7, 11) is 1.51. The van der Waals surface area contributed by atoms with E-state index < -0.39 is 34.8 Å². The number of hydrogen-bond acceptors (Lipinski definition) is 3. The highest BCUT2D eigenvalue weighted by molar-refractivity contribution is 6.00. The number of fused-ring (bicyclic) bond motifs is 1. The first-order valence-electron chi connectivity index (χ1n) is 10.3. The van der Waals surface area contributed by atoms with Gasteiger partial charge in [0.25, 0.3) is 11.5 Å². The maximum absolute atomic E-state index is 14.6. The van der Waals surface area contributed by atoms with Crippen LogP contribution in [0.1, 0.15) is 39.4 Å². The molecule has 0 aliphatic carbocycles. The molecular weight excluding hydrogens is 457 g/mol. The standard InChI is InChI=1S/C26H17F3N4O2/c1-33-11-5-8-19(26(33)35)17(20-12-15(27)13-22(28)23(20)29)7-4-2-3-6-16-18-9-10-31-25(18)32-14-21(16)24(30)34/h5,8-14,17H,7H2,1H3,(H2,30,34)(H,31,32). The average molecular weight is 474 g/mol. The van der Waals surface area contributed by atoms with E-state index in [0.29, 0.717) is 22.7 Å². The lowest BCUT2D eigenvalue weighted by atomic mass is 9.88. The summed E-state index contributed by atoms with van der Waals surface area (Å²) in [5.74, 6) is 5.38. The summed E-state index contributed by atoms with van der Waals surface area (Å²) in [4.78, 5) is 31.4. The normalized spacial score (nSPS) is 11.3. The summed E-state index contributed by atoms with van der Waals surface area (Å²) in [5, 5.41) is 0.582. The first kappa shape index (κ1) is 23.4. The minimum Gasteiger partial charge on any atom is -0.366 e. The van der Waals surface area contributed by atoms with Gasteiger partial charge in [0, 0.05) is 60.6 Å². The van der Waals surface area contributed by atoms with Crippen LogP contribution in [-0.2, 0) is 7.05 Å². The number of rotatable bonds is 4. The highest BCUT2D eigenvalue weighted by Gasteiger charge is 2.23. The van der Waals surface area contributed by atoms with Crippen molar-refractivity contribution in [3.63, 3.8) is 0 Å². The number of nitrogens with one attached hydrogen (secondary N) is 1. The molecule has 35 heavy (non-hydrogen) atoms. The Labute approximate surface area is 197 Å². The van der Waals surface area contributed by atoms with E-state index in [0.717, 1.165) is 6.07 Å². The molecule has 1 amide bonds. The Kier molecular flexibility index (Phi) is 6.43. The van der Waals surface area contributed by atoms with Crippen LogP contribution in [0.25, 0.3) is 11.0 Å². The third kappa shape index (κ3) is 4.66. The van der Waals surface area contributed by atoms with Gasteiger partial charge >= 0.3 is 0 Å². The predicted octanol–water partition coefficient (Wildman–Crippen LogP) is 3.35. The zero-order valence-electron chi connectivity index (χ0n) is 18.3. The fraction of sp³-hybridized carbons (Fsp3) is 0.115. The predicted molar refractivity (Wildman–Crippen MR) is 124 cm³/mol. The molecule has 174 valence electrons. The molecule has 3 heterocycles. The van der Waals surface area contributed by atoms with E-state index in [2.05, 4.69) is 33.6 Å². The molecule has 0 radical (unpaired) electrons. The van der Waals surface area contributed by atoms with Gasteiger partial charge in [-0.3, -0.25) is 9.59 Å². The van der Waals surface area contributed by atoms with E-state index in [-0.39, 0.29) is 23.1 Å². The van der Waals surface area contributed by atoms with E-state index in [4.69, 9.17) is 5.73 Å². The molecule has 0 aliphatic rings. The molecule has 0 aliphatic heterocycles. The van der Waals surface area contributed by atoms with Gasteiger partial charge in [0.1, 0.15) is 11.5 Å². The Morgan fingerprint density at radius 2 is 2.00 bits per heavy atom. The van der Waals surface area contributed by atoms with Crippen molar-refractivity contribution in [2.45, 2.75) is 12.3 Å². The van der Waals surface area contributed by atoms with Crippen molar-refractivity contribution in [1.82, 2.24) is 14.5 Å². The number of benzene rings is 1. The van der Waals surface area contributed by atoms with Crippen LogP contribution in [0.3, 0.4) is 0 Å². The molecule has 1 unspecified atom stereocenters. The number of hydrogen-bond donors (Lipinski definition) is 2. The van der Waals surface area contributed by atoms with Crippen LogP contribution in [0, 0.1) is 41.1 Å². The summed E-state index contributed by atoms with van der Waals surface area (Å²) < 4.78 is 43.7. The van der Waals surface area contributed by atoms with Gasteiger partial charge in [0.2, 0.25) is 0 Å². The van der Waals surface area contributed by atoms with Crippen molar-refractivity contribution >= 4 is 16.9 Å². The highest BCUT2D eigenvalue weighted by atomic mass is 19.2. The molecule has 0 saturated carbocycles. The number of aromatic amines is 1. The maximum atomic E-state index is 14.6. The quantitative estimate of drug-likeness (QED) is 0.351. The highest BCUT2D eigenvalue weighted by Crippen LogP contribution is 2.29. The summed E-state index contributed by atoms with van der Waals surface area (Å²) in [6.45, 7) is 0. The SMILES string of the molecule is Cn1cccc(C(CC#CC#Cc2c(C(N)=O)cnc3[nH]ccc23)c2cc(F)cc(F)c2F)c1=O. The molecule has 4 rings (SSSR count). The molecule has 1 aromatic carbocycles. The number of H-pyrrole nitrogens is 1. The number of halogens is 3. The smallest absolute Gasteiger partial charge is 0.254 e. The second-order valence-electron chi connectivity index (χ2n) is 7.63. The minimum absolute atomic E-state index is 0.120. The van der Waals surface area contributed by atoms with Gasteiger partial charge < -0.3 is 15.3 Å². The lowest BCUT2D eigenvalue weighted by Gasteiger charge is -2.16. The fourth-order valence-electron chi connectivity index (χ4n) is 3.72. The third-order valence-corrected chi connectivity index (χ3v) is 5.42. The molecule has 0 saturated heterocycles. The van der Waals surface area contributed by atoms with Crippen molar-refractivity contribution in [2.24, 2.45) is 12.8 Å². The second kappa shape index (κ2) is 9.62. The van der Waals surface area contributed by atoms with Crippen LogP contribution in [-0.4, -0.2) is 20.4 Å². The molecule has 0 spiro atoms. The van der Waals surface area contributed by atoms with Crippen LogP contribution in [0.2, 0.25) is 0 Å². The topological polar surface area (TPSA) is 93.8 Å². The van der Waals surface area contributed by atoms with Crippen LogP contribution in [0.4, 0.5) is 13.2 Å². The molecular formula is C26H17F3N4O2. The second-order valence-corrected chi connectivity index (χ2v) is 7.63. The first-order valence-corrected chi connectivity index (χ1v) is 10.3. The summed E-state index contributed by atoms with van der Waals surface area (Å²) in [6.07, 6.45) is 4.31. The zero-order valence-corrected chi connectivity index (χ0v) is 18.3. The van der Waals surface area contributed by atoms with Gasteiger partial charge in [-0.1, -0.05) is 17.9 Å². The number of nitrogens with two attached hydrogens (primary N) is 1. The average Bonchev–Trinajstić information content (AvgIpc) is 3.30. The van der Waals surface area contributed by atoms with Crippen LogP contribution in [0.5, 0.6) is 0 Å². The summed E-state index contributed by atoms with van der Waals surface area (Å²) >= 11 is 0. The minimum atomic E-state index is -1.36. The number of aryl methyl sites for hydroxylation is 1. The Bertz CT molecular complexity index is 1650. The van der Waals surface area contributed by atoms with Gasteiger partial charge in [0.15, 0.2) is 11.6 Å². The zero-order chi connectivity index (χ0) is 25.1. The van der Waals surface area contributed by atoms with Crippen LogP contribution >= 0.6 is 0 Å². The monoisotopic (exact) mass is 474 g/mol.